The van der Waals surface area contributed by atoms with Crippen LogP contribution in [0.25, 0.3) is 11.2 Å². The second-order valence-electron chi connectivity index (χ2n) is 5.24. The number of amides is 1. The Morgan fingerprint density at radius 2 is 2.12 bits per heavy atom. The van der Waals surface area contributed by atoms with Crippen LogP contribution in [0.5, 0.6) is 0 Å². The zero-order chi connectivity index (χ0) is 17.5. The number of halogens is 1. The molecule has 0 aliphatic heterocycles. The van der Waals surface area contributed by atoms with Crippen LogP contribution >= 0.6 is 35.1 Å². The number of pyridine rings is 1. The van der Waals surface area contributed by atoms with E-state index < -0.39 is 0 Å². The Hall–Kier alpha value is -1.70. The summed E-state index contributed by atoms with van der Waals surface area (Å²) in [6.07, 6.45) is 1.55. The number of rotatable bonds is 8. The van der Waals surface area contributed by atoms with Crippen LogP contribution in [0.2, 0.25) is 5.02 Å². The zero-order valence-corrected chi connectivity index (χ0v) is 15.8. The number of thioether (sulfide) groups is 2. The Bertz CT molecular complexity index is 841. The maximum absolute atomic E-state index is 11.9. The molecule has 25 heavy (non-hydrogen) atoms. The first-order valence-corrected chi connectivity index (χ1v) is 10.2. The lowest BCUT2D eigenvalue weighted by Gasteiger charge is -2.04. The van der Waals surface area contributed by atoms with Crippen LogP contribution in [0.4, 0.5) is 0 Å². The fourth-order valence-corrected chi connectivity index (χ4v) is 3.81. The number of aromatic nitrogens is 3. The topological polar surface area (TPSA) is 70.7 Å². The van der Waals surface area contributed by atoms with Gasteiger partial charge in [-0.15, -0.1) is 0 Å². The molecule has 0 saturated heterocycles. The van der Waals surface area contributed by atoms with Gasteiger partial charge in [-0.05, 0) is 11.6 Å². The highest BCUT2D eigenvalue weighted by Crippen LogP contribution is 2.20. The van der Waals surface area contributed by atoms with E-state index in [0.29, 0.717) is 28.1 Å². The van der Waals surface area contributed by atoms with Crippen molar-refractivity contribution >= 4 is 52.2 Å². The van der Waals surface area contributed by atoms with Crippen molar-refractivity contribution in [1.29, 1.82) is 0 Å². The van der Waals surface area contributed by atoms with Crippen LogP contribution in [0, 0.1) is 0 Å². The van der Waals surface area contributed by atoms with Crippen molar-refractivity contribution < 1.29 is 4.79 Å². The van der Waals surface area contributed by atoms with E-state index in [1.165, 1.54) is 17.3 Å². The summed E-state index contributed by atoms with van der Waals surface area (Å²) in [6, 6.07) is 12.1. The van der Waals surface area contributed by atoms with E-state index in [2.05, 4.69) is 32.4 Å². The number of benzene rings is 1. The van der Waals surface area contributed by atoms with E-state index in [1.807, 2.05) is 18.2 Å². The molecule has 2 aromatic heterocycles. The molecule has 0 fully saturated rings. The van der Waals surface area contributed by atoms with E-state index in [-0.39, 0.29) is 5.91 Å². The van der Waals surface area contributed by atoms with Gasteiger partial charge in [-0.3, -0.25) is 4.79 Å². The molecule has 0 atom stereocenters. The monoisotopic (exact) mass is 392 g/mol. The molecule has 0 saturated carbocycles. The number of hydrogen-bond donors (Lipinski definition) is 2. The molecular weight excluding hydrogens is 376 g/mol. The van der Waals surface area contributed by atoms with Gasteiger partial charge in [0.2, 0.25) is 5.91 Å². The summed E-state index contributed by atoms with van der Waals surface area (Å²) in [5.74, 6) is 2.16. The average molecular weight is 393 g/mol. The summed E-state index contributed by atoms with van der Waals surface area (Å²) in [6.45, 7) is 0.661. The highest BCUT2D eigenvalue weighted by molar-refractivity contribution is 7.99. The SMILES string of the molecule is O=C(CSc1nc2ncc(Cl)cc2[nH]1)NCCSCc1ccccc1. The second kappa shape index (κ2) is 9.12. The Kier molecular flexibility index (Phi) is 6.61. The molecule has 1 amide bonds. The van der Waals surface area contributed by atoms with Crippen LogP contribution in [-0.2, 0) is 10.5 Å². The molecule has 1 aromatic carbocycles. The highest BCUT2D eigenvalue weighted by atomic mass is 35.5. The molecule has 3 rings (SSSR count). The number of carbonyl (C=O) groups is 1. The van der Waals surface area contributed by atoms with E-state index >= 15 is 0 Å². The number of fused-ring (bicyclic) bond motifs is 1. The summed E-state index contributed by atoms with van der Waals surface area (Å²) in [4.78, 5) is 23.5. The van der Waals surface area contributed by atoms with E-state index in [1.54, 1.807) is 24.0 Å². The summed E-state index contributed by atoms with van der Waals surface area (Å²) in [7, 11) is 0. The van der Waals surface area contributed by atoms with E-state index in [9.17, 15) is 4.79 Å². The molecule has 2 heterocycles. The van der Waals surface area contributed by atoms with Crippen molar-refractivity contribution in [2.24, 2.45) is 0 Å². The molecule has 8 heteroatoms. The standard InChI is InChI=1S/C17H17ClN4OS2/c18-13-8-14-16(20-9-13)22-17(21-14)25-11-15(23)19-6-7-24-10-12-4-2-1-3-5-12/h1-5,8-9H,6-7,10-11H2,(H,19,23)(H,20,21,22). The van der Waals surface area contributed by atoms with E-state index in [4.69, 9.17) is 11.6 Å². The van der Waals surface area contributed by atoms with Gasteiger partial charge in [0, 0.05) is 24.2 Å². The maximum Gasteiger partial charge on any atom is 0.230 e. The Morgan fingerprint density at radius 1 is 1.28 bits per heavy atom. The van der Waals surface area contributed by atoms with Gasteiger partial charge in [0.15, 0.2) is 10.8 Å². The van der Waals surface area contributed by atoms with E-state index in [0.717, 1.165) is 17.0 Å². The molecule has 0 spiro atoms. The van der Waals surface area contributed by atoms with Gasteiger partial charge in [-0.25, -0.2) is 9.97 Å². The van der Waals surface area contributed by atoms with Crippen molar-refractivity contribution in [2.45, 2.75) is 10.9 Å². The molecule has 2 N–H and O–H groups in total. The van der Waals surface area contributed by atoms with Crippen molar-refractivity contribution in [3.05, 3.63) is 53.2 Å². The lowest BCUT2D eigenvalue weighted by atomic mass is 10.2. The average Bonchev–Trinajstić information content (AvgIpc) is 3.02. The molecular formula is C17H17ClN4OS2. The number of hydrogen-bond acceptors (Lipinski definition) is 5. The molecule has 0 aliphatic rings. The first kappa shape index (κ1) is 18.1. The fourth-order valence-electron chi connectivity index (χ4n) is 2.13. The van der Waals surface area contributed by atoms with Gasteiger partial charge in [0.05, 0.1) is 16.3 Å². The summed E-state index contributed by atoms with van der Waals surface area (Å²) < 4.78 is 0. The lowest BCUT2D eigenvalue weighted by molar-refractivity contribution is -0.118. The van der Waals surface area contributed by atoms with Crippen molar-refractivity contribution in [2.75, 3.05) is 18.1 Å². The lowest BCUT2D eigenvalue weighted by Crippen LogP contribution is -2.27. The number of imidazole rings is 1. The smallest absolute Gasteiger partial charge is 0.230 e. The first-order valence-electron chi connectivity index (χ1n) is 7.73. The van der Waals surface area contributed by atoms with Crippen molar-refractivity contribution in [3.8, 4) is 0 Å². The van der Waals surface area contributed by atoms with Crippen molar-refractivity contribution in [3.63, 3.8) is 0 Å². The van der Waals surface area contributed by atoms with Gasteiger partial charge >= 0.3 is 0 Å². The second-order valence-corrected chi connectivity index (χ2v) is 7.75. The molecule has 5 nitrogen and oxygen atoms in total. The molecule has 0 bridgehead atoms. The van der Waals surface area contributed by atoms with Gasteiger partial charge in [0.25, 0.3) is 0 Å². The van der Waals surface area contributed by atoms with Gasteiger partial charge in [-0.2, -0.15) is 11.8 Å². The fraction of sp³-hybridized carbons (Fsp3) is 0.235. The summed E-state index contributed by atoms with van der Waals surface area (Å²) in [5.41, 5.74) is 2.67. The Balaban J connectivity index is 1.34. The van der Waals surface area contributed by atoms with Crippen molar-refractivity contribution in [1.82, 2.24) is 20.3 Å². The predicted molar refractivity (Wildman–Crippen MR) is 105 cm³/mol. The van der Waals surface area contributed by atoms with Gasteiger partial charge in [0.1, 0.15) is 0 Å². The Morgan fingerprint density at radius 3 is 2.96 bits per heavy atom. The number of H-pyrrole nitrogens is 1. The maximum atomic E-state index is 11.9. The molecule has 130 valence electrons. The number of carbonyl (C=O) groups excluding carboxylic acids is 1. The van der Waals surface area contributed by atoms with Gasteiger partial charge < -0.3 is 10.3 Å². The first-order chi connectivity index (χ1) is 12.2. The highest BCUT2D eigenvalue weighted by Gasteiger charge is 2.08. The minimum atomic E-state index is -0.00300. The molecule has 0 radical (unpaired) electrons. The zero-order valence-electron chi connectivity index (χ0n) is 13.4. The molecule has 0 unspecified atom stereocenters. The van der Waals surface area contributed by atoms with Crippen LogP contribution < -0.4 is 5.32 Å². The van der Waals surface area contributed by atoms with Crippen LogP contribution in [0.3, 0.4) is 0 Å². The minimum Gasteiger partial charge on any atom is -0.355 e. The number of nitrogens with zero attached hydrogens (tertiary/aromatic N) is 2. The predicted octanol–water partition coefficient (Wildman–Crippen LogP) is 3.75. The third-order valence-corrected chi connectivity index (χ3v) is 5.41. The number of aromatic amines is 1. The third-order valence-electron chi connectivity index (χ3n) is 3.30. The largest absolute Gasteiger partial charge is 0.355 e. The van der Waals surface area contributed by atoms with Crippen LogP contribution in [0.1, 0.15) is 5.56 Å². The Labute approximate surface area is 159 Å². The summed E-state index contributed by atoms with van der Waals surface area (Å²) >= 11 is 9.05. The number of nitrogens with one attached hydrogen (secondary N) is 2. The summed E-state index contributed by atoms with van der Waals surface area (Å²) in [5, 5.41) is 4.14. The minimum absolute atomic E-state index is 0.00300. The molecule has 0 aliphatic carbocycles. The quantitative estimate of drug-likeness (QED) is 0.451. The van der Waals surface area contributed by atoms with Gasteiger partial charge in [-0.1, -0.05) is 53.7 Å². The van der Waals surface area contributed by atoms with Crippen LogP contribution in [-0.4, -0.2) is 38.9 Å². The normalized spacial score (nSPS) is 10.9. The molecule has 3 aromatic rings. The third kappa shape index (κ3) is 5.66. The van der Waals surface area contributed by atoms with Crippen LogP contribution in [0.15, 0.2) is 47.8 Å².